The highest BCUT2D eigenvalue weighted by molar-refractivity contribution is 6.03. The Hall–Kier alpha value is -2.05. The van der Waals surface area contributed by atoms with Crippen molar-refractivity contribution in [2.24, 2.45) is 0 Å². The van der Waals surface area contributed by atoms with E-state index in [9.17, 15) is 13.6 Å². The number of nitrogens with zero attached hydrogens (tertiary/aromatic N) is 1. The molecule has 0 unspecified atom stereocenters. The highest BCUT2D eigenvalue weighted by Crippen LogP contribution is 2.24. The van der Waals surface area contributed by atoms with Crippen LogP contribution in [0, 0.1) is 11.6 Å². The van der Waals surface area contributed by atoms with Gasteiger partial charge in [-0.2, -0.15) is 0 Å². The number of amides is 1. The number of hydrogen-bond donors (Lipinski definition) is 2. The molecule has 4 nitrogen and oxygen atoms in total. The lowest BCUT2D eigenvalue weighted by Crippen LogP contribution is -2.28. The zero-order chi connectivity index (χ0) is 16.2. The van der Waals surface area contributed by atoms with Gasteiger partial charge in [0.05, 0.1) is 6.20 Å². The van der Waals surface area contributed by atoms with Crippen LogP contribution in [0.5, 0.6) is 0 Å². The molecule has 24 heavy (non-hydrogen) atoms. The Morgan fingerprint density at radius 1 is 1.25 bits per heavy atom. The molecule has 2 N–H and O–H groups in total. The van der Waals surface area contributed by atoms with Gasteiger partial charge in [-0.25, -0.2) is 13.8 Å². The molecule has 1 fully saturated rings. The van der Waals surface area contributed by atoms with Crippen LogP contribution in [0.1, 0.15) is 34.8 Å². The number of benzene rings is 1. The van der Waals surface area contributed by atoms with E-state index in [4.69, 9.17) is 0 Å². The summed E-state index contributed by atoms with van der Waals surface area (Å²) in [7, 11) is 0. The summed E-state index contributed by atoms with van der Waals surface area (Å²) in [6, 6.07) is 8.12. The van der Waals surface area contributed by atoms with E-state index < -0.39 is 23.2 Å². The number of nitrogens with one attached hydrogen (secondary N) is 2. The van der Waals surface area contributed by atoms with Crippen LogP contribution >= 0.6 is 12.4 Å². The van der Waals surface area contributed by atoms with E-state index in [0.717, 1.165) is 32.1 Å². The smallest absolute Gasteiger partial charge is 0.277 e. The average Bonchev–Trinajstić information content (AvgIpc) is 2.56. The van der Waals surface area contributed by atoms with Crippen molar-refractivity contribution < 1.29 is 13.6 Å². The highest BCUT2D eigenvalue weighted by Gasteiger charge is 2.16. The van der Waals surface area contributed by atoms with Crippen LogP contribution in [-0.4, -0.2) is 24.0 Å². The van der Waals surface area contributed by atoms with Crippen molar-refractivity contribution in [1.29, 1.82) is 0 Å². The maximum atomic E-state index is 13.5. The maximum Gasteiger partial charge on any atom is 0.277 e. The van der Waals surface area contributed by atoms with E-state index in [0.29, 0.717) is 17.7 Å². The summed E-state index contributed by atoms with van der Waals surface area (Å²) in [4.78, 5) is 15.5. The Bertz CT molecular complexity index is 703. The molecule has 0 spiro atoms. The Morgan fingerprint density at radius 3 is 2.62 bits per heavy atom. The Balaban J connectivity index is 0.00000208. The summed E-state index contributed by atoms with van der Waals surface area (Å²) < 4.78 is 26.4. The lowest BCUT2D eigenvalue weighted by Gasteiger charge is -2.23. The van der Waals surface area contributed by atoms with Gasteiger partial charge in [-0.15, -0.1) is 12.4 Å². The minimum absolute atomic E-state index is 0. The molecular formula is C17H18ClF2N3O. The van der Waals surface area contributed by atoms with Gasteiger partial charge >= 0.3 is 0 Å². The van der Waals surface area contributed by atoms with Crippen molar-refractivity contribution in [1.82, 2.24) is 10.3 Å². The Labute approximate surface area is 145 Å². The standard InChI is InChI=1S/C17H17F2N3O.ClH/c18-13-8-15(19)16(21-10-13)17(23)22-14-5-3-11(4-6-14)12-2-1-7-20-9-12;/h3-6,8,10,12,20H,1-2,7,9H2,(H,22,23);1H/t12-;/m0./s1. The molecule has 1 atom stereocenters. The van der Waals surface area contributed by atoms with E-state index in [1.807, 2.05) is 12.1 Å². The van der Waals surface area contributed by atoms with Gasteiger partial charge in [-0.05, 0) is 43.0 Å². The number of pyridine rings is 1. The summed E-state index contributed by atoms with van der Waals surface area (Å²) in [5, 5.41) is 5.93. The van der Waals surface area contributed by atoms with Gasteiger partial charge in [0.25, 0.3) is 5.91 Å². The molecule has 128 valence electrons. The first-order chi connectivity index (χ1) is 11.1. The predicted octanol–water partition coefficient (Wildman–Crippen LogP) is 3.50. The van der Waals surface area contributed by atoms with Crippen LogP contribution in [0.15, 0.2) is 36.5 Å². The van der Waals surface area contributed by atoms with Crippen molar-refractivity contribution in [2.45, 2.75) is 18.8 Å². The molecule has 7 heteroatoms. The monoisotopic (exact) mass is 353 g/mol. The first-order valence-corrected chi connectivity index (χ1v) is 7.56. The highest BCUT2D eigenvalue weighted by atomic mass is 35.5. The summed E-state index contributed by atoms with van der Waals surface area (Å²) in [5.74, 6) is -2.02. The zero-order valence-corrected chi connectivity index (χ0v) is 13.7. The second-order valence-electron chi connectivity index (χ2n) is 5.60. The van der Waals surface area contributed by atoms with E-state index in [1.165, 1.54) is 5.56 Å². The Kier molecular flexibility index (Phi) is 6.23. The number of halogens is 3. The number of carbonyl (C=O) groups excluding carboxylic acids is 1. The second-order valence-corrected chi connectivity index (χ2v) is 5.60. The maximum absolute atomic E-state index is 13.5. The van der Waals surface area contributed by atoms with E-state index in [2.05, 4.69) is 15.6 Å². The first-order valence-electron chi connectivity index (χ1n) is 7.56. The van der Waals surface area contributed by atoms with Crippen molar-refractivity contribution in [2.75, 3.05) is 18.4 Å². The van der Waals surface area contributed by atoms with Gasteiger partial charge in [0, 0.05) is 18.3 Å². The summed E-state index contributed by atoms with van der Waals surface area (Å²) >= 11 is 0. The predicted molar refractivity (Wildman–Crippen MR) is 90.6 cm³/mol. The molecule has 1 amide bonds. The number of aromatic nitrogens is 1. The summed E-state index contributed by atoms with van der Waals surface area (Å²) in [6.45, 7) is 2.01. The van der Waals surface area contributed by atoms with Crippen LogP contribution in [0.2, 0.25) is 0 Å². The number of piperidine rings is 1. The fourth-order valence-electron chi connectivity index (χ4n) is 2.75. The lowest BCUT2D eigenvalue weighted by atomic mass is 9.92. The van der Waals surface area contributed by atoms with Gasteiger partial charge < -0.3 is 10.6 Å². The summed E-state index contributed by atoms with van der Waals surface area (Å²) in [6.07, 6.45) is 3.11. The number of anilines is 1. The largest absolute Gasteiger partial charge is 0.321 e. The van der Waals surface area contributed by atoms with Crippen molar-refractivity contribution in [3.05, 3.63) is 59.4 Å². The number of hydrogen-bond acceptors (Lipinski definition) is 3. The van der Waals surface area contributed by atoms with Gasteiger partial charge in [0.1, 0.15) is 5.82 Å². The summed E-state index contributed by atoms with van der Waals surface area (Å²) in [5.41, 5.74) is 1.33. The van der Waals surface area contributed by atoms with Gasteiger partial charge in [-0.1, -0.05) is 12.1 Å². The van der Waals surface area contributed by atoms with E-state index in [1.54, 1.807) is 12.1 Å². The molecule has 1 aromatic carbocycles. The molecule has 0 bridgehead atoms. The molecule has 2 aromatic rings. The van der Waals surface area contributed by atoms with Crippen LogP contribution in [0.4, 0.5) is 14.5 Å². The minimum atomic E-state index is -0.979. The molecule has 1 saturated heterocycles. The zero-order valence-electron chi connectivity index (χ0n) is 12.9. The SMILES string of the molecule is Cl.O=C(Nc1ccc([C@H]2CCCNC2)cc1)c1ncc(F)cc1F. The second kappa shape index (κ2) is 8.17. The molecule has 2 heterocycles. The van der Waals surface area contributed by atoms with Crippen LogP contribution in [-0.2, 0) is 0 Å². The van der Waals surface area contributed by atoms with Gasteiger partial charge in [0.2, 0.25) is 0 Å². The molecule has 3 rings (SSSR count). The lowest BCUT2D eigenvalue weighted by molar-refractivity contribution is 0.101. The Morgan fingerprint density at radius 2 is 2.00 bits per heavy atom. The fourth-order valence-corrected chi connectivity index (χ4v) is 2.75. The first kappa shape index (κ1) is 18.3. The molecule has 0 aliphatic carbocycles. The van der Waals surface area contributed by atoms with Crippen LogP contribution in [0.3, 0.4) is 0 Å². The molecule has 1 aliphatic rings. The third kappa shape index (κ3) is 4.27. The fraction of sp³-hybridized carbons (Fsp3) is 0.294. The number of carbonyl (C=O) groups is 1. The molecule has 0 saturated carbocycles. The molecule has 0 radical (unpaired) electrons. The van der Waals surface area contributed by atoms with Gasteiger partial charge in [-0.3, -0.25) is 4.79 Å². The van der Waals surface area contributed by atoms with E-state index >= 15 is 0 Å². The molecular weight excluding hydrogens is 336 g/mol. The quantitative estimate of drug-likeness (QED) is 0.888. The average molecular weight is 354 g/mol. The minimum Gasteiger partial charge on any atom is -0.321 e. The normalized spacial score (nSPS) is 17.0. The van der Waals surface area contributed by atoms with Crippen LogP contribution in [0.25, 0.3) is 0 Å². The van der Waals surface area contributed by atoms with Crippen molar-refractivity contribution in [3.8, 4) is 0 Å². The molecule has 1 aliphatic heterocycles. The van der Waals surface area contributed by atoms with Crippen LogP contribution < -0.4 is 10.6 Å². The van der Waals surface area contributed by atoms with Crippen molar-refractivity contribution >= 4 is 24.0 Å². The third-order valence-electron chi connectivity index (χ3n) is 3.96. The van der Waals surface area contributed by atoms with Crippen molar-refractivity contribution in [3.63, 3.8) is 0 Å². The topological polar surface area (TPSA) is 54.0 Å². The molecule has 1 aromatic heterocycles. The van der Waals surface area contributed by atoms with E-state index in [-0.39, 0.29) is 12.4 Å². The van der Waals surface area contributed by atoms with Gasteiger partial charge in [0.15, 0.2) is 11.5 Å². The number of rotatable bonds is 3. The third-order valence-corrected chi connectivity index (χ3v) is 3.96.